The molecule has 0 aliphatic rings. The van der Waals surface area contributed by atoms with Crippen molar-refractivity contribution in [1.29, 1.82) is 0 Å². The minimum Gasteiger partial charge on any atom is -0.354 e. The molecule has 0 spiro atoms. The number of amides is 1. The van der Waals surface area contributed by atoms with Crippen molar-refractivity contribution in [3.63, 3.8) is 0 Å². The van der Waals surface area contributed by atoms with Gasteiger partial charge in [-0.05, 0) is 18.9 Å². The summed E-state index contributed by atoms with van der Waals surface area (Å²) in [5.41, 5.74) is 0.451. The van der Waals surface area contributed by atoms with Gasteiger partial charge in [-0.2, -0.15) is 0 Å². The monoisotopic (exact) mass is 264 g/mol. The first kappa shape index (κ1) is 15.4. The zero-order chi connectivity index (χ0) is 14.1. The Balaban J connectivity index is 2.61. The molecule has 5 heteroatoms. The number of aromatic nitrogens is 2. The molecular formula is C14H24N4O. The summed E-state index contributed by atoms with van der Waals surface area (Å²) in [7, 11) is 1.81. The van der Waals surface area contributed by atoms with Gasteiger partial charge in [0.2, 0.25) is 5.95 Å². The van der Waals surface area contributed by atoms with Crippen molar-refractivity contribution in [2.24, 2.45) is 0 Å². The van der Waals surface area contributed by atoms with Crippen LogP contribution in [0.1, 0.15) is 50.0 Å². The van der Waals surface area contributed by atoms with Crippen LogP contribution >= 0.6 is 0 Å². The van der Waals surface area contributed by atoms with Crippen molar-refractivity contribution in [1.82, 2.24) is 14.9 Å². The molecule has 1 rings (SSSR count). The highest BCUT2D eigenvalue weighted by atomic mass is 16.2. The number of hydrogen-bond donors (Lipinski definition) is 1. The lowest BCUT2D eigenvalue weighted by Gasteiger charge is -2.16. The van der Waals surface area contributed by atoms with Crippen LogP contribution in [-0.2, 0) is 0 Å². The molecule has 0 fully saturated rings. The highest BCUT2D eigenvalue weighted by molar-refractivity contribution is 5.92. The van der Waals surface area contributed by atoms with Crippen molar-refractivity contribution in [2.45, 2.75) is 39.5 Å². The number of anilines is 1. The first-order valence-corrected chi connectivity index (χ1v) is 7.01. The van der Waals surface area contributed by atoms with Crippen molar-refractivity contribution in [3.05, 3.63) is 18.0 Å². The average molecular weight is 264 g/mol. The van der Waals surface area contributed by atoms with Crippen LogP contribution in [0.4, 0.5) is 5.95 Å². The third-order valence-electron chi connectivity index (χ3n) is 2.88. The Kier molecular flexibility index (Phi) is 6.85. The lowest BCUT2D eigenvalue weighted by atomic mass is 10.3. The van der Waals surface area contributed by atoms with Crippen LogP contribution in [0, 0.1) is 0 Å². The Hall–Kier alpha value is -1.65. The summed E-state index contributed by atoms with van der Waals surface area (Å²) in [5.74, 6) is 0.484. The number of carbonyl (C=O) groups excluding carboxylic acids is 1. The van der Waals surface area contributed by atoms with Gasteiger partial charge in [-0.25, -0.2) is 9.97 Å². The molecule has 0 aliphatic carbocycles. The molecule has 0 saturated carbocycles. The molecule has 106 valence electrons. The Labute approximate surface area is 115 Å². The summed E-state index contributed by atoms with van der Waals surface area (Å²) in [5, 5.41) is 3.13. The highest BCUT2D eigenvalue weighted by Gasteiger charge is 2.13. The van der Waals surface area contributed by atoms with E-state index in [0.29, 0.717) is 11.6 Å². The van der Waals surface area contributed by atoms with Gasteiger partial charge in [0.05, 0.1) is 0 Å². The van der Waals surface area contributed by atoms with E-state index in [2.05, 4.69) is 29.1 Å². The maximum atomic E-state index is 12.1. The second-order valence-corrected chi connectivity index (χ2v) is 4.63. The normalized spacial score (nSPS) is 10.3. The quantitative estimate of drug-likeness (QED) is 0.733. The van der Waals surface area contributed by atoms with Crippen molar-refractivity contribution < 1.29 is 4.79 Å². The smallest absolute Gasteiger partial charge is 0.272 e. The minimum atomic E-state index is -0.0469. The van der Waals surface area contributed by atoms with Gasteiger partial charge in [0.15, 0.2) is 0 Å². The largest absolute Gasteiger partial charge is 0.354 e. The number of rotatable bonds is 8. The van der Waals surface area contributed by atoms with Gasteiger partial charge < -0.3 is 10.2 Å². The predicted octanol–water partition coefficient (Wildman–Crippen LogP) is 2.56. The van der Waals surface area contributed by atoms with Crippen LogP contribution < -0.4 is 5.32 Å². The molecule has 0 saturated heterocycles. The van der Waals surface area contributed by atoms with E-state index in [1.54, 1.807) is 17.2 Å². The van der Waals surface area contributed by atoms with Crippen molar-refractivity contribution in [2.75, 3.05) is 25.5 Å². The van der Waals surface area contributed by atoms with E-state index in [1.165, 1.54) is 0 Å². The van der Waals surface area contributed by atoms with Gasteiger partial charge in [0.1, 0.15) is 5.69 Å². The fourth-order valence-corrected chi connectivity index (χ4v) is 1.63. The fourth-order valence-electron chi connectivity index (χ4n) is 1.63. The van der Waals surface area contributed by atoms with Gasteiger partial charge in [-0.15, -0.1) is 0 Å². The molecule has 1 heterocycles. The van der Waals surface area contributed by atoms with E-state index < -0.39 is 0 Å². The minimum absolute atomic E-state index is 0.0469. The lowest BCUT2D eigenvalue weighted by molar-refractivity contribution is 0.0787. The van der Waals surface area contributed by atoms with E-state index in [9.17, 15) is 4.79 Å². The van der Waals surface area contributed by atoms with Crippen LogP contribution in [0.15, 0.2) is 12.3 Å². The second-order valence-electron chi connectivity index (χ2n) is 4.63. The topological polar surface area (TPSA) is 58.1 Å². The summed E-state index contributed by atoms with van der Waals surface area (Å²) < 4.78 is 0. The Morgan fingerprint density at radius 1 is 1.32 bits per heavy atom. The fraction of sp³-hybridized carbons (Fsp3) is 0.643. The number of hydrogen-bond acceptors (Lipinski definition) is 4. The Morgan fingerprint density at radius 3 is 2.74 bits per heavy atom. The average Bonchev–Trinajstić information content (AvgIpc) is 2.44. The first-order chi connectivity index (χ1) is 9.19. The summed E-state index contributed by atoms with van der Waals surface area (Å²) in [6.07, 6.45) is 5.89. The lowest BCUT2D eigenvalue weighted by Crippen LogP contribution is -2.28. The summed E-state index contributed by atoms with van der Waals surface area (Å²) >= 11 is 0. The molecule has 5 nitrogen and oxygen atoms in total. The molecule has 1 aromatic rings. The molecule has 1 amide bonds. The van der Waals surface area contributed by atoms with Crippen molar-refractivity contribution in [3.8, 4) is 0 Å². The van der Waals surface area contributed by atoms with Gasteiger partial charge >= 0.3 is 0 Å². The highest BCUT2D eigenvalue weighted by Crippen LogP contribution is 2.05. The summed E-state index contributed by atoms with van der Waals surface area (Å²) in [6.45, 7) is 5.84. The molecule has 1 aromatic heterocycles. The number of nitrogens with zero attached hydrogens (tertiary/aromatic N) is 3. The second kappa shape index (κ2) is 8.45. The molecule has 0 unspecified atom stereocenters. The molecule has 0 aromatic carbocycles. The van der Waals surface area contributed by atoms with Crippen LogP contribution in [0.5, 0.6) is 0 Å². The standard InChI is InChI=1S/C14H24N4O/c1-4-6-9-15-14-16-10-8-12(17-14)13(19)18(3)11-7-5-2/h8,10H,4-7,9,11H2,1-3H3,(H,15,16,17). The number of unbranched alkanes of at least 4 members (excludes halogenated alkanes) is 2. The van der Waals surface area contributed by atoms with E-state index in [-0.39, 0.29) is 5.91 Å². The Bertz CT molecular complexity index is 395. The number of carbonyl (C=O) groups is 1. The predicted molar refractivity (Wildman–Crippen MR) is 77.3 cm³/mol. The van der Waals surface area contributed by atoms with Crippen molar-refractivity contribution >= 4 is 11.9 Å². The first-order valence-electron chi connectivity index (χ1n) is 7.01. The van der Waals surface area contributed by atoms with Crippen LogP contribution in [0.3, 0.4) is 0 Å². The maximum absolute atomic E-state index is 12.1. The van der Waals surface area contributed by atoms with Crippen LogP contribution in [-0.4, -0.2) is 40.9 Å². The summed E-state index contributed by atoms with van der Waals surface area (Å²) in [6, 6.07) is 1.66. The molecule has 0 atom stereocenters. The Morgan fingerprint density at radius 2 is 2.05 bits per heavy atom. The number of nitrogens with one attached hydrogen (secondary N) is 1. The van der Waals surface area contributed by atoms with Gasteiger partial charge in [-0.1, -0.05) is 26.7 Å². The summed E-state index contributed by atoms with van der Waals surface area (Å²) in [4.78, 5) is 22.2. The van der Waals surface area contributed by atoms with Crippen LogP contribution in [0.2, 0.25) is 0 Å². The molecule has 1 N–H and O–H groups in total. The van der Waals surface area contributed by atoms with E-state index in [1.807, 2.05) is 7.05 Å². The van der Waals surface area contributed by atoms with Gasteiger partial charge in [0, 0.05) is 26.3 Å². The van der Waals surface area contributed by atoms with E-state index >= 15 is 0 Å². The third kappa shape index (κ3) is 5.24. The third-order valence-corrected chi connectivity index (χ3v) is 2.88. The zero-order valence-electron chi connectivity index (χ0n) is 12.1. The molecule has 19 heavy (non-hydrogen) atoms. The van der Waals surface area contributed by atoms with Gasteiger partial charge in [0.25, 0.3) is 5.91 Å². The molecule has 0 aliphatic heterocycles. The van der Waals surface area contributed by atoms with Crippen LogP contribution in [0.25, 0.3) is 0 Å². The van der Waals surface area contributed by atoms with E-state index in [4.69, 9.17) is 0 Å². The zero-order valence-corrected chi connectivity index (χ0v) is 12.1. The van der Waals surface area contributed by atoms with Gasteiger partial charge in [-0.3, -0.25) is 4.79 Å². The molecular weight excluding hydrogens is 240 g/mol. The van der Waals surface area contributed by atoms with E-state index in [0.717, 1.165) is 38.8 Å². The molecule has 0 radical (unpaired) electrons. The SMILES string of the molecule is CCCCNc1nccc(C(=O)N(C)CCCC)n1. The molecule has 0 bridgehead atoms. The maximum Gasteiger partial charge on any atom is 0.272 e.